The van der Waals surface area contributed by atoms with E-state index in [-0.39, 0.29) is 0 Å². The molecule has 0 unspecified atom stereocenters. The van der Waals surface area contributed by atoms with E-state index in [0.29, 0.717) is 0 Å². The zero-order valence-corrected chi connectivity index (χ0v) is 11.2. The first-order chi connectivity index (χ1) is 9.42. The number of likely N-dealkylation sites (tertiary alicyclic amines) is 1. The second kappa shape index (κ2) is 6.02. The summed E-state index contributed by atoms with van der Waals surface area (Å²) < 4.78 is 7.46. The number of hydrogen-bond acceptors (Lipinski definition) is 4. The monoisotopic (exact) mass is 260 g/mol. The second-order valence-corrected chi connectivity index (χ2v) is 5.03. The van der Waals surface area contributed by atoms with Crippen molar-refractivity contribution < 1.29 is 4.74 Å². The van der Waals surface area contributed by atoms with Gasteiger partial charge in [-0.05, 0) is 32.4 Å². The molecule has 0 aromatic carbocycles. The van der Waals surface area contributed by atoms with E-state index in [0.717, 1.165) is 31.0 Å². The number of piperidine rings is 1. The second-order valence-electron chi connectivity index (χ2n) is 5.03. The summed E-state index contributed by atoms with van der Waals surface area (Å²) in [5, 5.41) is 4.15. The molecule has 0 atom stereocenters. The minimum absolute atomic E-state index is 0.741. The SMILES string of the molecule is c1cc2ncc(OCCCN3CCCCC3)cn2n1. The molecule has 0 N–H and O–H groups in total. The summed E-state index contributed by atoms with van der Waals surface area (Å²) in [5.41, 5.74) is 0.848. The van der Waals surface area contributed by atoms with Crippen LogP contribution in [0.1, 0.15) is 25.7 Å². The molecular weight excluding hydrogens is 240 g/mol. The maximum absolute atomic E-state index is 5.72. The minimum Gasteiger partial charge on any atom is -0.490 e. The molecule has 1 aliphatic heterocycles. The van der Waals surface area contributed by atoms with Gasteiger partial charge >= 0.3 is 0 Å². The molecule has 1 aliphatic rings. The Bertz CT molecular complexity index is 519. The number of fused-ring (bicyclic) bond motifs is 1. The van der Waals surface area contributed by atoms with Crippen molar-refractivity contribution in [3.05, 3.63) is 24.7 Å². The quantitative estimate of drug-likeness (QED) is 0.771. The van der Waals surface area contributed by atoms with E-state index in [1.165, 1.54) is 32.4 Å². The fourth-order valence-electron chi connectivity index (χ4n) is 2.53. The predicted molar refractivity (Wildman–Crippen MR) is 73.4 cm³/mol. The van der Waals surface area contributed by atoms with Gasteiger partial charge in [0.1, 0.15) is 0 Å². The molecule has 3 heterocycles. The van der Waals surface area contributed by atoms with Gasteiger partial charge in [0.15, 0.2) is 11.4 Å². The molecule has 0 amide bonds. The fraction of sp³-hybridized carbons (Fsp3) is 0.571. The van der Waals surface area contributed by atoms with Crippen molar-refractivity contribution in [3.63, 3.8) is 0 Å². The van der Waals surface area contributed by atoms with Gasteiger partial charge in [-0.2, -0.15) is 5.10 Å². The molecule has 0 radical (unpaired) electrons. The zero-order valence-electron chi connectivity index (χ0n) is 11.2. The van der Waals surface area contributed by atoms with Gasteiger partial charge < -0.3 is 9.64 Å². The average Bonchev–Trinajstić information content (AvgIpc) is 2.92. The maximum Gasteiger partial charge on any atom is 0.155 e. The van der Waals surface area contributed by atoms with Crippen LogP contribution in [0.4, 0.5) is 0 Å². The first kappa shape index (κ1) is 12.4. The van der Waals surface area contributed by atoms with Crippen LogP contribution < -0.4 is 4.74 Å². The number of aromatic nitrogens is 3. The fourth-order valence-corrected chi connectivity index (χ4v) is 2.53. The Morgan fingerprint density at radius 3 is 3.00 bits per heavy atom. The highest BCUT2D eigenvalue weighted by Gasteiger charge is 2.09. The molecule has 0 saturated carbocycles. The van der Waals surface area contributed by atoms with Gasteiger partial charge in [0, 0.05) is 12.6 Å². The minimum atomic E-state index is 0.741. The Hall–Kier alpha value is -1.62. The molecule has 3 rings (SSSR count). The average molecular weight is 260 g/mol. The highest BCUT2D eigenvalue weighted by Crippen LogP contribution is 2.11. The molecule has 19 heavy (non-hydrogen) atoms. The zero-order chi connectivity index (χ0) is 12.9. The number of rotatable bonds is 5. The third kappa shape index (κ3) is 3.23. The van der Waals surface area contributed by atoms with Crippen molar-refractivity contribution >= 4 is 5.65 Å². The lowest BCUT2D eigenvalue weighted by Gasteiger charge is -2.26. The van der Waals surface area contributed by atoms with Crippen molar-refractivity contribution in [2.45, 2.75) is 25.7 Å². The van der Waals surface area contributed by atoms with Crippen LogP contribution in [-0.2, 0) is 0 Å². The van der Waals surface area contributed by atoms with Crippen LogP contribution in [-0.4, -0.2) is 45.7 Å². The van der Waals surface area contributed by atoms with Crippen molar-refractivity contribution in [2.75, 3.05) is 26.2 Å². The van der Waals surface area contributed by atoms with Gasteiger partial charge in [-0.15, -0.1) is 0 Å². The third-order valence-corrected chi connectivity index (χ3v) is 3.56. The molecule has 2 aromatic heterocycles. The van der Waals surface area contributed by atoms with Gasteiger partial charge in [-0.25, -0.2) is 9.50 Å². The van der Waals surface area contributed by atoms with Gasteiger partial charge in [0.2, 0.25) is 0 Å². The lowest BCUT2D eigenvalue weighted by atomic mass is 10.1. The molecule has 102 valence electrons. The Balaban J connectivity index is 1.43. The van der Waals surface area contributed by atoms with E-state index in [9.17, 15) is 0 Å². The van der Waals surface area contributed by atoms with E-state index in [1.807, 2.05) is 12.3 Å². The smallest absolute Gasteiger partial charge is 0.155 e. The number of nitrogens with zero attached hydrogens (tertiary/aromatic N) is 4. The Morgan fingerprint density at radius 2 is 2.11 bits per heavy atom. The highest BCUT2D eigenvalue weighted by atomic mass is 16.5. The molecule has 5 heteroatoms. The largest absolute Gasteiger partial charge is 0.490 e. The summed E-state index contributed by atoms with van der Waals surface area (Å²) in [7, 11) is 0. The number of hydrogen-bond donors (Lipinski definition) is 0. The summed E-state index contributed by atoms with van der Waals surface area (Å²) in [6, 6.07) is 1.88. The first-order valence-electron chi connectivity index (χ1n) is 7.06. The van der Waals surface area contributed by atoms with Crippen molar-refractivity contribution in [1.29, 1.82) is 0 Å². The summed E-state index contributed by atoms with van der Waals surface area (Å²) >= 11 is 0. The molecule has 0 aliphatic carbocycles. The number of ether oxygens (including phenoxy) is 1. The molecule has 0 spiro atoms. The lowest BCUT2D eigenvalue weighted by Crippen LogP contribution is -2.31. The molecule has 0 bridgehead atoms. The third-order valence-electron chi connectivity index (χ3n) is 3.56. The Morgan fingerprint density at radius 1 is 1.21 bits per heavy atom. The predicted octanol–water partition coefficient (Wildman–Crippen LogP) is 1.98. The first-order valence-corrected chi connectivity index (χ1v) is 7.06. The van der Waals surface area contributed by atoms with E-state index in [4.69, 9.17) is 4.74 Å². The van der Waals surface area contributed by atoms with Crippen LogP contribution in [0.3, 0.4) is 0 Å². The normalized spacial score (nSPS) is 16.8. The molecule has 1 fully saturated rings. The molecule has 2 aromatic rings. The van der Waals surface area contributed by atoms with Gasteiger partial charge in [0.05, 0.1) is 25.2 Å². The van der Waals surface area contributed by atoms with Gasteiger partial charge in [-0.3, -0.25) is 0 Å². The van der Waals surface area contributed by atoms with Crippen molar-refractivity contribution in [3.8, 4) is 5.75 Å². The molecule has 1 saturated heterocycles. The van der Waals surface area contributed by atoms with Crippen molar-refractivity contribution in [1.82, 2.24) is 19.5 Å². The molecule has 5 nitrogen and oxygen atoms in total. The van der Waals surface area contributed by atoms with Crippen LogP contribution in [0.15, 0.2) is 24.7 Å². The lowest BCUT2D eigenvalue weighted by molar-refractivity contribution is 0.204. The van der Waals surface area contributed by atoms with Crippen LogP contribution in [0.2, 0.25) is 0 Å². The van der Waals surface area contributed by atoms with Gasteiger partial charge in [-0.1, -0.05) is 6.42 Å². The summed E-state index contributed by atoms with van der Waals surface area (Å²) in [6.45, 7) is 4.38. The maximum atomic E-state index is 5.72. The van der Waals surface area contributed by atoms with E-state index < -0.39 is 0 Å². The topological polar surface area (TPSA) is 42.7 Å². The highest BCUT2D eigenvalue weighted by molar-refractivity contribution is 5.37. The van der Waals surface area contributed by atoms with E-state index in [1.54, 1.807) is 16.9 Å². The summed E-state index contributed by atoms with van der Waals surface area (Å²) in [6.07, 6.45) is 10.5. The van der Waals surface area contributed by atoms with E-state index >= 15 is 0 Å². The van der Waals surface area contributed by atoms with E-state index in [2.05, 4.69) is 15.0 Å². The Kier molecular flexibility index (Phi) is 3.93. The van der Waals surface area contributed by atoms with Crippen LogP contribution in [0.25, 0.3) is 5.65 Å². The molecular formula is C14H20N4O. The summed E-state index contributed by atoms with van der Waals surface area (Å²) in [4.78, 5) is 6.80. The van der Waals surface area contributed by atoms with Gasteiger partial charge in [0.25, 0.3) is 0 Å². The Labute approximate surface area is 113 Å². The standard InChI is InChI=1S/C14H20N4O/c1-2-7-17(8-3-1)9-4-10-19-13-11-15-14-5-6-16-18(14)12-13/h5-6,11-12H,1-4,7-10H2. The summed E-state index contributed by atoms with van der Waals surface area (Å²) in [5.74, 6) is 0.787. The van der Waals surface area contributed by atoms with Crippen LogP contribution >= 0.6 is 0 Å². The van der Waals surface area contributed by atoms with Crippen LogP contribution in [0.5, 0.6) is 5.75 Å². The van der Waals surface area contributed by atoms with Crippen LogP contribution in [0, 0.1) is 0 Å². The van der Waals surface area contributed by atoms with Crippen molar-refractivity contribution in [2.24, 2.45) is 0 Å².